The highest BCUT2D eigenvalue weighted by Gasteiger charge is 2.32. The average molecular weight is 496 g/mol. The molecule has 9 heteroatoms. The van der Waals surface area contributed by atoms with E-state index in [0.29, 0.717) is 38.6 Å². The predicted molar refractivity (Wildman–Crippen MR) is 132 cm³/mol. The van der Waals surface area contributed by atoms with Crippen LogP contribution in [0.5, 0.6) is 0 Å². The Balaban J connectivity index is 1.24. The van der Waals surface area contributed by atoms with Gasteiger partial charge in [-0.2, -0.15) is 0 Å². The SMILES string of the molecule is O=C(CCCCC1NC(=O)C(CCCNC(=O)OCc2ccccc2)NC1=O)OCc1ccccc1. The summed E-state index contributed by atoms with van der Waals surface area (Å²) in [6, 6.07) is 17.6. The molecule has 2 unspecified atom stereocenters. The molecular formula is C27H33N3O6. The molecule has 2 aromatic carbocycles. The van der Waals surface area contributed by atoms with Crippen LogP contribution in [0.15, 0.2) is 60.7 Å². The molecule has 0 spiro atoms. The summed E-state index contributed by atoms with van der Waals surface area (Å²) in [6.07, 6.45) is 2.27. The van der Waals surface area contributed by atoms with E-state index in [1.165, 1.54) is 0 Å². The van der Waals surface area contributed by atoms with Gasteiger partial charge in [0.1, 0.15) is 25.3 Å². The summed E-state index contributed by atoms with van der Waals surface area (Å²) in [5.74, 6) is -0.761. The number of carbonyl (C=O) groups is 4. The van der Waals surface area contributed by atoms with Crippen molar-refractivity contribution in [2.24, 2.45) is 0 Å². The van der Waals surface area contributed by atoms with Gasteiger partial charge in [0.2, 0.25) is 11.8 Å². The molecular weight excluding hydrogens is 462 g/mol. The molecule has 2 atom stereocenters. The first kappa shape index (κ1) is 26.7. The number of hydrogen-bond donors (Lipinski definition) is 3. The Morgan fingerprint density at radius 2 is 1.25 bits per heavy atom. The maximum Gasteiger partial charge on any atom is 0.407 e. The Morgan fingerprint density at radius 3 is 1.83 bits per heavy atom. The van der Waals surface area contributed by atoms with Crippen LogP contribution in [-0.4, -0.2) is 42.5 Å². The Morgan fingerprint density at radius 1 is 0.722 bits per heavy atom. The van der Waals surface area contributed by atoms with E-state index in [-0.39, 0.29) is 37.4 Å². The van der Waals surface area contributed by atoms with Crippen LogP contribution in [0.3, 0.4) is 0 Å². The number of rotatable bonds is 13. The third-order valence-electron chi connectivity index (χ3n) is 5.78. The number of benzene rings is 2. The molecule has 0 aromatic heterocycles. The number of piperazine rings is 1. The van der Waals surface area contributed by atoms with E-state index in [0.717, 1.165) is 11.1 Å². The summed E-state index contributed by atoms with van der Waals surface area (Å²) in [5.41, 5.74) is 1.83. The van der Waals surface area contributed by atoms with Crippen molar-refractivity contribution < 1.29 is 28.7 Å². The van der Waals surface area contributed by atoms with E-state index in [1.807, 2.05) is 60.7 Å². The molecule has 3 N–H and O–H groups in total. The molecule has 0 radical (unpaired) electrons. The number of hydrogen-bond acceptors (Lipinski definition) is 6. The molecule has 3 rings (SSSR count). The minimum absolute atomic E-state index is 0.185. The van der Waals surface area contributed by atoms with Crippen LogP contribution >= 0.6 is 0 Å². The highest BCUT2D eigenvalue weighted by molar-refractivity contribution is 5.96. The minimum atomic E-state index is -0.635. The molecule has 3 amide bonds. The number of carbonyl (C=O) groups excluding carboxylic acids is 4. The average Bonchev–Trinajstić information content (AvgIpc) is 2.90. The van der Waals surface area contributed by atoms with E-state index >= 15 is 0 Å². The molecule has 9 nitrogen and oxygen atoms in total. The van der Waals surface area contributed by atoms with Gasteiger partial charge in [-0.1, -0.05) is 67.1 Å². The van der Waals surface area contributed by atoms with Crippen LogP contribution in [0.4, 0.5) is 4.79 Å². The van der Waals surface area contributed by atoms with Crippen molar-refractivity contribution in [1.82, 2.24) is 16.0 Å². The largest absolute Gasteiger partial charge is 0.461 e. The maximum absolute atomic E-state index is 12.4. The van der Waals surface area contributed by atoms with E-state index in [9.17, 15) is 19.2 Å². The van der Waals surface area contributed by atoms with E-state index in [2.05, 4.69) is 16.0 Å². The first-order valence-corrected chi connectivity index (χ1v) is 12.3. The Kier molecular flexibility index (Phi) is 10.8. The second-order valence-corrected chi connectivity index (χ2v) is 8.65. The van der Waals surface area contributed by atoms with Crippen LogP contribution < -0.4 is 16.0 Å². The van der Waals surface area contributed by atoms with Gasteiger partial charge < -0.3 is 25.4 Å². The van der Waals surface area contributed by atoms with Crippen LogP contribution in [0.1, 0.15) is 49.7 Å². The summed E-state index contributed by atoms with van der Waals surface area (Å²) in [7, 11) is 0. The Labute approximate surface area is 210 Å². The lowest BCUT2D eigenvalue weighted by Gasteiger charge is -2.29. The van der Waals surface area contributed by atoms with Gasteiger partial charge >= 0.3 is 12.1 Å². The van der Waals surface area contributed by atoms with Gasteiger partial charge in [0.25, 0.3) is 0 Å². The highest BCUT2D eigenvalue weighted by Crippen LogP contribution is 2.11. The third-order valence-corrected chi connectivity index (χ3v) is 5.78. The number of unbranched alkanes of at least 4 members (excludes halogenated alkanes) is 1. The maximum atomic E-state index is 12.4. The monoisotopic (exact) mass is 495 g/mol. The van der Waals surface area contributed by atoms with Gasteiger partial charge in [0.05, 0.1) is 0 Å². The standard InChI is InChI=1S/C27H33N3O6/c31-24(35-18-20-10-3-1-4-11-20)16-8-7-14-22-25(32)30-23(26(33)29-22)15-9-17-28-27(34)36-19-21-12-5-2-6-13-21/h1-6,10-13,22-23H,7-9,14-19H2,(H,28,34)(H,29,33)(H,30,32). The minimum Gasteiger partial charge on any atom is -0.461 e. The lowest BCUT2D eigenvalue weighted by molar-refractivity contribution is -0.145. The van der Waals surface area contributed by atoms with Gasteiger partial charge in [0, 0.05) is 13.0 Å². The molecule has 2 aromatic rings. The highest BCUT2D eigenvalue weighted by atomic mass is 16.5. The van der Waals surface area contributed by atoms with Crippen molar-refractivity contribution >= 4 is 23.9 Å². The lowest BCUT2D eigenvalue weighted by atomic mass is 10.0. The fraction of sp³-hybridized carbons (Fsp3) is 0.407. The number of ether oxygens (including phenoxy) is 2. The smallest absolute Gasteiger partial charge is 0.407 e. The predicted octanol–water partition coefficient (Wildman–Crippen LogP) is 2.98. The molecule has 1 aliphatic heterocycles. The fourth-order valence-corrected chi connectivity index (χ4v) is 3.78. The second-order valence-electron chi connectivity index (χ2n) is 8.65. The molecule has 36 heavy (non-hydrogen) atoms. The number of nitrogens with one attached hydrogen (secondary N) is 3. The summed E-state index contributed by atoms with van der Waals surface area (Å²) >= 11 is 0. The lowest BCUT2D eigenvalue weighted by Crippen LogP contribution is -2.61. The van der Waals surface area contributed by atoms with E-state index in [1.54, 1.807) is 0 Å². The summed E-state index contributed by atoms with van der Waals surface area (Å²) < 4.78 is 10.4. The molecule has 1 aliphatic rings. The zero-order valence-electron chi connectivity index (χ0n) is 20.2. The molecule has 1 fully saturated rings. The van der Waals surface area contributed by atoms with Crippen LogP contribution in [0.25, 0.3) is 0 Å². The van der Waals surface area contributed by atoms with Crippen molar-refractivity contribution in [2.75, 3.05) is 6.54 Å². The summed E-state index contributed by atoms with van der Waals surface area (Å²) in [4.78, 5) is 48.5. The quantitative estimate of drug-likeness (QED) is 0.290. The Bertz CT molecular complexity index is 918. The molecule has 0 saturated carbocycles. The first-order valence-electron chi connectivity index (χ1n) is 12.3. The van der Waals surface area contributed by atoms with Crippen LogP contribution in [0, 0.1) is 0 Å². The fourth-order valence-electron chi connectivity index (χ4n) is 3.78. The second kappa shape index (κ2) is 14.5. The van der Waals surface area contributed by atoms with Gasteiger partial charge in [-0.25, -0.2) is 4.79 Å². The van der Waals surface area contributed by atoms with Crippen LogP contribution in [-0.2, 0) is 37.1 Å². The third kappa shape index (κ3) is 9.40. The first-order chi connectivity index (χ1) is 17.5. The van der Waals surface area contributed by atoms with E-state index < -0.39 is 18.2 Å². The van der Waals surface area contributed by atoms with Crippen LogP contribution in [0.2, 0.25) is 0 Å². The topological polar surface area (TPSA) is 123 Å². The van der Waals surface area contributed by atoms with Crippen molar-refractivity contribution in [1.29, 1.82) is 0 Å². The van der Waals surface area contributed by atoms with Crippen molar-refractivity contribution in [3.63, 3.8) is 0 Å². The zero-order valence-corrected chi connectivity index (χ0v) is 20.2. The Hall–Kier alpha value is -3.88. The van der Waals surface area contributed by atoms with E-state index in [4.69, 9.17) is 9.47 Å². The molecule has 192 valence electrons. The normalized spacial score (nSPS) is 17.0. The molecule has 1 saturated heterocycles. The van der Waals surface area contributed by atoms with Gasteiger partial charge in [-0.15, -0.1) is 0 Å². The zero-order chi connectivity index (χ0) is 25.6. The van der Waals surface area contributed by atoms with Gasteiger partial charge in [-0.3, -0.25) is 14.4 Å². The van der Waals surface area contributed by atoms with Crippen molar-refractivity contribution in [2.45, 2.75) is 63.8 Å². The number of esters is 1. The number of amides is 3. The summed E-state index contributed by atoms with van der Waals surface area (Å²) in [5, 5.41) is 8.16. The number of alkyl carbamates (subject to hydrolysis) is 1. The van der Waals surface area contributed by atoms with Crippen molar-refractivity contribution in [3.8, 4) is 0 Å². The van der Waals surface area contributed by atoms with Gasteiger partial charge in [-0.05, 0) is 36.8 Å². The summed E-state index contributed by atoms with van der Waals surface area (Å²) in [6.45, 7) is 0.758. The molecule has 0 bridgehead atoms. The molecule has 1 heterocycles. The van der Waals surface area contributed by atoms with Gasteiger partial charge in [0.15, 0.2) is 0 Å². The van der Waals surface area contributed by atoms with Crippen molar-refractivity contribution in [3.05, 3.63) is 71.8 Å². The molecule has 0 aliphatic carbocycles.